The zero-order chi connectivity index (χ0) is 12.1. The van der Waals surface area contributed by atoms with Gasteiger partial charge in [0.15, 0.2) is 0 Å². The van der Waals surface area contributed by atoms with E-state index in [2.05, 4.69) is 20.8 Å². The molecule has 0 heterocycles. The Balaban J connectivity index is 3.02. The maximum Gasteiger partial charge on any atom is -0.0443 e. The lowest BCUT2D eigenvalue weighted by Gasteiger charge is -2.09. The Kier molecular flexibility index (Phi) is 13.1. The molecular weight excluding hydrogens is 192 g/mol. The van der Waals surface area contributed by atoms with Gasteiger partial charge in [0.05, 0.1) is 0 Å². The number of hydrogen-bond donors (Lipinski definition) is 0. The predicted octanol–water partition coefficient (Wildman–Crippen LogP) is 6.34. The van der Waals surface area contributed by atoms with Crippen LogP contribution < -0.4 is 0 Å². The standard InChI is InChI=1S/C16H34/c1-4-6-8-9-10-11-12-13-15-16(3)14-7-5-2/h16H,4-15H2,1-3H3. The fourth-order valence-electron chi connectivity index (χ4n) is 2.32. The van der Waals surface area contributed by atoms with Gasteiger partial charge in [-0.2, -0.15) is 0 Å². The molecule has 0 aliphatic rings. The van der Waals surface area contributed by atoms with Crippen molar-refractivity contribution in [1.82, 2.24) is 0 Å². The largest absolute Gasteiger partial charge is 0.0654 e. The van der Waals surface area contributed by atoms with Crippen molar-refractivity contribution in [3.8, 4) is 0 Å². The van der Waals surface area contributed by atoms with Gasteiger partial charge in [-0.05, 0) is 5.92 Å². The molecule has 0 spiro atoms. The molecule has 0 aromatic heterocycles. The van der Waals surface area contributed by atoms with E-state index >= 15 is 0 Å². The van der Waals surface area contributed by atoms with E-state index in [0.29, 0.717) is 0 Å². The Bertz CT molecular complexity index is 117. The van der Waals surface area contributed by atoms with E-state index in [-0.39, 0.29) is 0 Å². The van der Waals surface area contributed by atoms with Crippen molar-refractivity contribution in [1.29, 1.82) is 0 Å². The molecule has 16 heavy (non-hydrogen) atoms. The molecule has 0 N–H and O–H groups in total. The van der Waals surface area contributed by atoms with Gasteiger partial charge in [-0.25, -0.2) is 0 Å². The van der Waals surface area contributed by atoms with E-state index in [0.717, 1.165) is 5.92 Å². The summed E-state index contributed by atoms with van der Waals surface area (Å²) in [4.78, 5) is 0. The normalized spacial score (nSPS) is 12.9. The molecule has 0 radical (unpaired) electrons. The molecule has 0 aliphatic carbocycles. The Labute approximate surface area is 104 Å². The summed E-state index contributed by atoms with van der Waals surface area (Å²) in [7, 11) is 0. The van der Waals surface area contributed by atoms with E-state index in [1.165, 1.54) is 77.0 Å². The lowest BCUT2D eigenvalue weighted by molar-refractivity contribution is 0.441. The van der Waals surface area contributed by atoms with Crippen LogP contribution in [0.1, 0.15) is 97.8 Å². The van der Waals surface area contributed by atoms with Crippen molar-refractivity contribution in [3.05, 3.63) is 0 Å². The Morgan fingerprint density at radius 1 is 0.562 bits per heavy atom. The third-order valence-electron chi connectivity index (χ3n) is 3.60. The van der Waals surface area contributed by atoms with Gasteiger partial charge < -0.3 is 0 Å². The molecule has 98 valence electrons. The minimum atomic E-state index is 0.972. The first-order valence-electron chi connectivity index (χ1n) is 7.81. The summed E-state index contributed by atoms with van der Waals surface area (Å²) in [6.45, 7) is 7.01. The van der Waals surface area contributed by atoms with Crippen molar-refractivity contribution in [3.63, 3.8) is 0 Å². The minimum absolute atomic E-state index is 0.972. The fraction of sp³-hybridized carbons (Fsp3) is 1.00. The molecule has 0 rings (SSSR count). The number of unbranched alkanes of at least 4 members (excludes halogenated alkanes) is 8. The molecule has 0 nitrogen and oxygen atoms in total. The van der Waals surface area contributed by atoms with E-state index in [9.17, 15) is 0 Å². The summed E-state index contributed by atoms with van der Waals surface area (Å²) >= 11 is 0. The quantitative estimate of drug-likeness (QED) is 0.340. The lowest BCUT2D eigenvalue weighted by Crippen LogP contribution is -1.94. The first-order valence-corrected chi connectivity index (χ1v) is 7.81. The second-order valence-electron chi connectivity index (χ2n) is 5.51. The van der Waals surface area contributed by atoms with Crippen LogP contribution in [-0.4, -0.2) is 0 Å². The van der Waals surface area contributed by atoms with Crippen molar-refractivity contribution in [2.45, 2.75) is 97.8 Å². The first kappa shape index (κ1) is 16.0. The van der Waals surface area contributed by atoms with E-state index < -0.39 is 0 Å². The molecule has 0 saturated carbocycles. The van der Waals surface area contributed by atoms with Crippen LogP contribution in [0.15, 0.2) is 0 Å². The Hall–Kier alpha value is 0. The highest BCUT2D eigenvalue weighted by Gasteiger charge is 2.00. The molecule has 1 unspecified atom stereocenters. The Morgan fingerprint density at radius 3 is 1.56 bits per heavy atom. The molecule has 0 aliphatic heterocycles. The number of hydrogen-bond acceptors (Lipinski definition) is 0. The predicted molar refractivity (Wildman–Crippen MR) is 75.9 cm³/mol. The van der Waals surface area contributed by atoms with Crippen molar-refractivity contribution in [2.24, 2.45) is 5.92 Å². The summed E-state index contributed by atoms with van der Waals surface area (Å²) in [5, 5.41) is 0. The molecule has 1 atom stereocenters. The van der Waals surface area contributed by atoms with Crippen LogP contribution >= 0.6 is 0 Å². The second-order valence-corrected chi connectivity index (χ2v) is 5.51. The summed E-state index contributed by atoms with van der Waals surface area (Å²) in [6.07, 6.45) is 17.3. The minimum Gasteiger partial charge on any atom is -0.0654 e. The first-order chi connectivity index (χ1) is 7.81. The van der Waals surface area contributed by atoms with Gasteiger partial charge in [0.1, 0.15) is 0 Å². The molecule has 0 saturated heterocycles. The molecule has 0 fully saturated rings. The van der Waals surface area contributed by atoms with Crippen LogP contribution in [0.5, 0.6) is 0 Å². The van der Waals surface area contributed by atoms with Gasteiger partial charge in [0, 0.05) is 0 Å². The van der Waals surface area contributed by atoms with Crippen LogP contribution in [0, 0.1) is 5.92 Å². The monoisotopic (exact) mass is 226 g/mol. The van der Waals surface area contributed by atoms with E-state index in [1.54, 1.807) is 0 Å². The van der Waals surface area contributed by atoms with Gasteiger partial charge in [0.25, 0.3) is 0 Å². The van der Waals surface area contributed by atoms with E-state index in [4.69, 9.17) is 0 Å². The van der Waals surface area contributed by atoms with Gasteiger partial charge in [-0.15, -0.1) is 0 Å². The van der Waals surface area contributed by atoms with Crippen molar-refractivity contribution < 1.29 is 0 Å². The summed E-state index contributed by atoms with van der Waals surface area (Å²) in [6, 6.07) is 0. The summed E-state index contributed by atoms with van der Waals surface area (Å²) in [5.74, 6) is 0.972. The Morgan fingerprint density at radius 2 is 1.00 bits per heavy atom. The third-order valence-corrected chi connectivity index (χ3v) is 3.60. The lowest BCUT2D eigenvalue weighted by atomic mass is 9.97. The van der Waals surface area contributed by atoms with Crippen LogP contribution in [0.3, 0.4) is 0 Å². The van der Waals surface area contributed by atoms with Crippen LogP contribution in [0.2, 0.25) is 0 Å². The van der Waals surface area contributed by atoms with Crippen molar-refractivity contribution >= 4 is 0 Å². The van der Waals surface area contributed by atoms with Crippen LogP contribution in [0.25, 0.3) is 0 Å². The average Bonchev–Trinajstić information content (AvgIpc) is 2.30. The highest BCUT2D eigenvalue weighted by atomic mass is 14.1. The SMILES string of the molecule is CCCCCCCCCCC(C)CCCC. The van der Waals surface area contributed by atoms with Gasteiger partial charge in [-0.3, -0.25) is 0 Å². The molecule has 0 aromatic rings. The fourth-order valence-corrected chi connectivity index (χ4v) is 2.32. The third kappa shape index (κ3) is 12.1. The molecule has 0 heteroatoms. The van der Waals surface area contributed by atoms with Crippen LogP contribution in [-0.2, 0) is 0 Å². The van der Waals surface area contributed by atoms with Gasteiger partial charge in [-0.1, -0.05) is 97.8 Å². The molecule has 0 aromatic carbocycles. The van der Waals surface area contributed by atoms with Crippen molar-refractivity contribution in [2.75, 3.05) is 0 Å². The molecular formula is C16H34. The maximum atomic E-state index is 2.43. The van der Waals surface area contributed by atoms with E-state index in [1.807, 2.05) is 0 Å². The van der Waals surface area contributed by atoms with Crippen LogP contribution in [0.4, 0.5) is 0 Å². The van der Waals surface area contributed by atoms with Gasteiger partial charge in [0.2, 0.25) is 0 Å². The summed E-state index contributed by atoms with van der Waals surface area (Å²) < 4.78 is 0. The highest BCUT2D eigenvalue weighted by molar-refractivity contribution is 4.54. The molecule has 0 bridgehead atoms. The smallest absolute Gasteiger partial charge is 0.0443 e. The number of rotatable bonds is 12. The zero-order valence-electron chi connectivity index (χ0n) is 12.1. The maximum absolute atomic E-state index is 2.43. The van der Waals surface area contributed by atoms with Gasteiger partial charge >= 0.3 is 0 Å². The second kappa shape index (κ2) is 13.1. The highest BCUT2D eigenvalue weighted by Crippen LogP contribution is 2.17. The molecule has 0 amide bonds. The topological polar surface area (TPSA) is 0 Å². The summed E-state index contributed by atoms with van der Waals surface area (Å²) in [5.41, 5.74) is 0. The average molecular weight is 226 g/mol. The zero-order valence-corrected chi connectivity index (χ0v) is 12.1.